The van der Waals surface area contributed by atoms with Gasteiger partial charge in [-0.05, 0) is 62.2 Å². The Bertz CT molecular complexity index is 869. The Labute approximate surface area is 140 Å². The summed E-state index contributed by atoms with van der Waals surface area (Å²) in [6.45, 7) is 5.97. The summed E-state index contributed by atoms with van der Waals surface area (Å²) in [7, 11) is 0. The summed E-state index contributed by atoms with van der Waals surface area (Å²) in [5.41, 5.74) is 4.05. The van der Waals surface area contributed by atoms with E-state index in [4.69, 9.17) is 4.42 Å². The van der Waals surface area contributed by atoms with Gasteiger partial charge in [-0.1, -0.05) is 6.07 Å². The molecule has 0 unspecified atom stereocenters. The lowest BCUT2D eigenvalue weighted by atomic mass is 10.1. The van der Waals surface area contributed by atoms with E-state index >= 15 is 0 Å². The van der Waals surface area contributed by atoms with Gasteiger partial charge >= 0.3 is 0 Å². The summed E-state index contributed by atoms with van der Waals surface area (Å²) in [5, 5.41) is 7.35. The number of nitrogens with one attached hydrogen (secondary N) is 1. The average molecular weight is 321 g/mol. The van der Waals surface area contributed by atoms with E-state index in [2.05, 4.69) is 16.5 Å². The zero-order chi connectivity index (χ0) is 17.1. The number of nitrogens with zero attached hydrogens (tertiary/aromatic N) is 2. The molecule has 2 heterocycles. The van der Waals surface area contributed by atoms with Crippen LogP contribution in [-0.4, -0.2) is 15.7 Å². The maximum absolute atomic E-state index is 12.2. The van der Waals surface area contributed by atoms with Gasteiger partial charge in [-0.2, -0.15) is 5.10 Å². The van der Waals surface area contributed by atoms with Crippen molar-refractivity contribution < 1.29 is 9.21 Å². The molecule has 3 rings (SSSR count). The second-order valence-electron chi connectivity index (χ2n) is 5.77. The third-order valence-corrected chi connectivity index (χ3v) is 3.48. The largest absolute Gasteiger partial charge is 0.465 e. The van der Waals surface area contributed by atoms with Gasteiger partial charge in [0.1, 0.15) is 11.6 Å². The van der Waals surface area contributed by atoms with Crippen molar-refractivity contribution in [1.82, 2.24) is 9.78 Å². The molecule has 24 heavy (non-hydrogen) atoms. The fourth-order valence-electron chi connectivity index (χ4n) is 2.57. The van der Waals surface area contributed by atoms with Crippen molar-refractivity contribution in [2.75, 3.05) is 5.32 Å². The Kier molecular flexibility index (Phi) is 4.33. The second kappa shape index (κ2) is 6.58. The standard InChI is InChI=1S/C19H19N3O2/c1-13-9-14(2)11-16(10-13)22-18(12-15(3)21-22)20-19(23)7-6-17-5-4-8-24-17/h4-12H,1-3H3,(H,20,23)/b7-6+. The minimum Gasteiger partial charge on any atom is -0.465 e. The van der Waals surface area contributed by atoms with Gasteiger partial charge in [-0.15, -0.1) is 0 Å². The van der Waals surface area contributed by atoms with Crippen molar-refractivity contribution in [3.63, 3.8) is 0 Å². The molecule has 0 aliphatic heterocycles. The average Bonchev–Trinajstić information content (AvgIpc) is 3.14. The summed E-state index contributed by atoms with van der Waals surface area (Å²) < 4.78 is 6.92. The van der Waals surface area contributed by atoms with Crippen LogP contribution in [0.15, 0.2) is 53.2 Å². The van der Waals surface area contributed by atoms with E-state index in [0.29, 0.717) is 11.6 Å². The van der Waals surface area contributed by atoms with E-state index in [1.807, 2.05) is 39.0 Å². The molecule has 1 aromatic carbocycles. The lowest BCUT2D eigenvalue weighted by molar-refractivity contribution is -0.111. The maximum Gasteiger partial charge on any atom is 0.249 e. The molecule has 0 aliphatic carbocycles. The van der Waals surface area contributed by atoms with E-state index in [1.54, 1.807) is 29.2 Å². The monoisotopic (exact) mass is 321 g/mol. The number of benzene rings is 1. The zero-order valence-electron chi connectivity index (χ0n) is 13.9. The summed E-state index contributed by atoms with van der Waals surface area (Å²) in [6, 6.07) is 11.6. The summed E-state index contributed by atoms with van der Waals surface area (Å²) >= 11 is 0. The molecule has 0 bridgehead atoms. The molecular formula is C19H19N3O2. The molecule has 0 saturated carbocycles. The molecule has 5 nitrogen and oxygen atoms in total. The topological polar surface area (TPSA) is 60.1 Å². The first-order chi connectivity index (χ1) is 11.5. The van der Waals surface area contributed by atoms with Crippen molar-refractivity contribution in [1.29, 1.82) is 0 Å². The number of carbonyl (C=O) groups is 1. The Morgan fingerprint density at radius 2 is 1.92 bits per heavy atom. The van der Waals surface area contributed by atoms with Crippen molar-refractivity contribution in [2.45, 2.75) is 20.8 Å². The summed E-state index contributed by atoms with van der Waals surface area (Å²) in [4.78, 5) is 12.2. The minimum absolute atomic E-state index is 0.239. The van der Waals surface area contributed by atoms with Gasteiger partial charge in [0.2, 0.25) is 5.91 Å². The Balaban J connectivity index is 1.85. The van der Waals surface area contributed by atoms with Crippen LogP contribution in [0.4, 0.5) is 5.82 Å². The van der Waals surface area contributed by atoms with Crippen LogP contribution in [0.2, 0.25) is 0 Å². The predicted octanol–water partition coefficient (Wildman–Crippen LogP) is 4.04. The number of aryl methyl sites for hydroxylation is 3. The first-order valence-corrected chi connectivity index (χ1v) is 7.69. The highest BCUT2D eigenvalue weighted by molar-refractivity contribution is 6.01. The highest BCUT2D eigenvalue weighted by Gasteiger charge is 2.10. The van der Waals surface area contributed by atoms with E-state index < -0.39 is 0 Å². The van der Waals surface area contributed by atoms with Gasteiger partial charge in [-0.3, -0.25) is 4.79 Å². The lowest BCUT2D eigenvalue weighted by Gasteiger charge is -2.09. The van der Waals surface area contributed by atoms with Crippen molar-refractivity contribution in [3.8, 4) is 5.69 Å². The van der Waals surface area contributed by atoms with Gasteiger partial charge in [-0.25, -0.2) is 4.68 Å². The Hall–Kier alpha value is -3.08. The van der Waals surface area contributed by atoms with Gasteiger partial charge in [0.05, 0.1) is 17.6 Å². The number of rotatable bonds is 4. The number of hydrogen-bond acceptors (Lipinski definition) is 3. The maximum atomic E-state index is 12.2. The van der Waals surface area contributed by atoms with E-state index in [9.17, 15) is 4.79 Å². The van der Waals surface area contributed by atoms with Crippen LogP contribution in [0.25, 0.3) is 11.8 Å². The molecule has 122 valence electrons. The van der Waals surface area contributed by atoms with E-state index in [1.165, 1.54) is 6.08 Å². The second-order valence-corrected chi connectivity index (χ2v) is 5.77. The van der Waals surface area contributed by atoms with Gasteiger partial charge in [0.25, 0.3) is 0 Å². The van der Waals surface area contributed by atoms with Crippen molar-refractivity contribution >= 4 is 17.8 Å². The molecule has 0 fully saturated rings. The molecule has 5 heteroatoms. The van der Waals surface area contributed by atoms with E-state index in [0.717, 1.165) is 22.5 Å². The van der Waals surface area contributed by atoms with Gasteiger partial charge in [0.15, 0.2) is 0 Å². The van der Waals surface area contributed by atoms with Crippen LogP contribution in [0.1, 0.15) is 22.6 Å². The van der Waals surface area contributed by atoms with Crippen LogP contribution in [0.5, 0.6) is 0 Å². The number of hydrogen-bond donors (Lipinski definition) is 1. The number of amides is 1. The third kappa shape index (κ3) is 3.63. The molecular weight excluding hydrogens is 302 g/mol. The van der Waals surface area contributed by atoms with E-state index in [-0.39, 0.29) is 5.91 Å². The van der Waals surface area contributed by atoms with Crippen LogP contribution < -0.4 is 5.32 Å². The SMILES string of the molecule is Cc1cc(C)cc(-n2nc(C)cc2NC(=O)/C=C/c2ccco2)c1. The minimum atomic E-state index is -0.239. The predicted molar refractivity (Wildman–Crippen MR) is 94.1 cm³/mol. The van der Waals surface area contributed by atoms with Crippen molar-refractivity contribution in [2.24, 2.45) is 0 Å². The molecule has 1 N–H and O–H groups in total. The number of furan rings is 1. The molecule has 1 amide bonds. The number of anilines is 1. The van der Waals surface area contributed by atoms with Crippen LogP contribution in [0.3, 0.4) is 0 Å². The highest BCUT2D eigenvalue weighted by Crippen LogP contribution is 2.20. The molecule has 0 saturated heterocycles. The Morgan fingerprint density at radius 1 is 1.17 bits per heavy atom. The lowest BCUT2D eigenvalue weighted by Crippen LogP contribution is -2.12. The van der Waals surface area contributed by atoms with Gasteiger partial charge in [0, 0.05) is 12.1 Å². The molecule has 3 aromatic rings. The summed E-state index contributed by atoms with van der Waals surface area (Å²) in [5.74, 6) is 1.02. The Morgan fingerprint density at radius 3 is 2.58 bits per heavy atom. The first-order valence-electron chi connectivity index (χ1n) is 7.69. The number of carbonyl (C=O) groups excluding carboxylic acids is 1. The molecule has 2 aromatic heterocycles. The smallest absolute Gasteiger partial charge is 0.249 e. The van der Waals surface area contributed by atoms with Crippen LogP contribution >= 0.6 is 0 Å². The molecule has 0 atom stereocenters. The summed E-state index contributed by atoms with van der Waals surface area (Å²) in [6.07, 6.45) is 4.63. The molecule has 0 radical (unpaired) electrons. The highest BCUT2D eigenvalue weighted by atomic mass is 16.3. The third-order valence-electron chi connectivity index (χ3n) is 3.48. The van der Waals surface area contributed by atoms with Crippen LogP contribution in [0, 0.1) is 20.8 Å². The molecule has 0 spiro atoms. The van der Waals surface area contributed by atoms with Gasteiger partial charge < -0.3 is 9.73 Å². The fraction of sp³-hybridized carbons (Fsp3) is 0.158. The molecule has 0 aliphatic rings. The van der Waals surface area contributed by atoms with Crippen LogP contribution in [-0.2, 0) is 4.79 Å². The van der Waals surface area contributed by atoms with Crippen molar-refractivity contribution in [3.05, 3.63) is 71.3 Å². The zero-order valence-corrected chi connectivity index (χ0v) is 13.9. The quantitative estimate of drug-likeness (QED) is 0.738. The first kappa shape index (κ1) is 15.8. The number of aromatic nitrogens is 2. The normalized spacial score (nSPS) is 11.1. The fourth-order valence-corrected chi connectivity index (χ4v) is 2.57.